The van der Waals surface area contributed by atoms with Crippen LogP contribution in [0.5, 0.6) is 0 Å². The lowest BCUT2D eigenvalue weighted by molar-refractivity contribution is 0.0624. The topological polar surface area (TPSA) is 148 Å². The minimum atomic E-state index is -0.623. The average Bonchev–Trinajstić information content (AvgIpc) is 2.84. The van der Waals surface area contributed by atoms with Crippen LogP contribution in [0.15, 0.2) is 66.7 Å². The van der Waals surface area contributed by atoms with E-state index in [0.29, 0.717) is 22.7 Å². The molecule has 0 saturated heterocycles. The Morgan fingerprint density at radius 3 is 1.12 bits per heavy atom. The minimum absolute atomic E-state index is 0.0421. The monoisotopic (exact) mass is 547 g/mol. The molecule has 3 aromatic rings. The van der Waals surface area contributed by atoms with Gasteiger partial charge in [0.25, 0.3) is 11.8 Å². The molecule has 0 bridgehead atoms. The van der Waals surface area contributed by atoms with Gasteiger partial charge in [-0.25, -0.2) is 14.6 Å². The second kappa shape index (κ2) is 12.3. The van der Waals surface area contributed by atoms with E-state index in [-0.39, 0.29) is 11.4 Å². The van der Waals surface area contributed by atoms with Crippen LogP contribution in [0.2, 0.25) is 0 Å². The first kappa shape index (κ1) is 29.6. The number of amides is 4. The van der Waals surface area contributed by atoms with Crippen molar-refractivity contribution < 1.29 is 28.7 Å². The molecule has 0 aliphatic carbocycles. The van der Waals surface area contributed by atoms with Gasteiger partial charge in [0.15, 0.2) is 0 Å². The zero-order chi connectivity index (χ0) is 29.5. The number of aromatic nitrogens is 1. The number of hydrogen-bond acceptors (Lipinski definition) is 7. The Bertz CT molecular complexity index is 1270. The Morgan fingerprint density at radius 1 is 0.525 bits per heavy atom. The van der Waals surface area contributed by atoms with Gasteiger partial charge in [-0.1, -0.05) is 6.07 Å². The van der Waals surface area contributed by atoms with E-state index < -0.39 is 35.2 Å². The third-order valence-electron chi connectivity index (χ3n) is 4.79. The average molecular weight is 548 g/mol. The van der Waals surface area contributed by atoms with Crippen molar-refractivity contribution in [3.8, 4) is 0 Å². The lowest BCUT2D eigenvalue weighted by Crippen LogP contribution is -2.27. The van der Waals surface area contributed by atoms with E-state index in [2.05, 4.69) is 26.3 Å². The molecule has 0 atom stereocenters. The highest BCUT2D eigenvalue weighted by molar-refractivity contribution is 6.06. The number of carbonyl (C=O) groups excluding carboxylic acids is 4. The summed E-state index contributed by atoms with van der Waals surface area (Å²) in [7, 11) is 0. The predicted molar refractivity (Wildman–Crippen MR) is 153 cm³/mol. The molecule has 1 heterocycles. The second-order valence-electron chi connectivity index (χ2n) is 10.7. The van der Waals surface area contributed by atoms with Gasteiger partial charge < -0.3 is 20.1 Å². The summed E-state index contributed by atoms with van der Waals surface area (Å²) in [5.74, 6) is -1.03. The summed E-state index contributed by atoms with van der Waals surface area (Å²) in [5, 5.41) is 10.6. The molecule has 0 fully saturated rings. The quantitative estimate of drug-likeness (QED) is 0.284. The van der Waals surface area contributed by atoms with Gasteiger partial charge >= 0.3 is 12.2 Å². The number of hydrogen-bond donors (Lipinski definition) is 4. The summed E-state index contributed by atoms with van der Waals surface area (Å²) in [6, 6.07) is 17.4. The normalized spacial score (nSPS) is 11.2. The Hall–Kier alpha value is -4.93. The highest BCUT2D eigenvalue weighted by Gasteiger charge is 2.18. The maximum Gasteiger partial charge on any atom is 0.412 e. The van der Waals surface area contributed by atoms with Crippen molar-refractivity contribution in [3.63, 3.8) is 0 Å². The Kier molecular flexibility index (Phi) is 9.10. The van der Waals surface area contributed by atoms with Crippen LogP contribution in [0, 0.1) is 0 Å². The Balaban J connectivity index is 1.57. The highest BCUT2D eigenvalue weighted by Crippen LogP contribution is 2.18. The zero-order valence-electron chi connectivity index (χ0n) is 23.2. The third kappa shape index (κ3) is 9.75. The van der Waals surface area contributed by atoms with Gasteiger partial charge in [-0.3, -0.25) is 20.2 Å². The van der Waals surface area contributed by atoms with Crippen LogP contribution < -0.4 is 21.3 Å². The number of ether oxygens (including phenoxy) is 2. The molecule has 11 nitrogen and oxygen atoms in total. The predicted octanol–water partition coefficient (Wildman–Crippen LogP) is 6.28. The van der Waals surface area contributed by atoms with Gasteiger partial charge in [-0.2, -0.15) is 0 Å². The Morgan fingerprint density at radius 2 is 0.825 bits per heavy atom. The van der Waals surface area contributed by atoms with Gasteiger partial charge in [0, 0.05) is 22.7 Å². The summed E-state index contributed by atoms with van der Waals surface area (Å²) >= 11 is 0. The fourth-order valence-electron chi connectivity index (χ4n) is 3.19. The van der Waals surface area contributed by atoms with Crippen molar-refractivity contribution in [2.45, 2.75) is 52.7 Å². The summed E-state index contributed by atoms with van der Waals surface area (Å²) in [6.07, 6.45) is -1.17. The van der Waals surface area contributed by atoms with Crippen LogP contribution in [0.3, 0.4) is 0 Å². The highest BCUT2D eigenvalue weighted by atomic mass is 16.6. The molecular weight excluding hydrogens is 514 g/mol. The van der Waals surface area contributed by atoms with Crippen LogP contribution in [0.25, 0.3) is 0 Å². The van der Waals surface area contributed by atoms with Crippen LogP contribution in [0.1, 0.15) is 62.5 Å². The smallest absolute Gasteiger partial charge is 0.412 e. The fraction of sp³-hybridized carbons (Fsp3) is 0.276. The molecule has 11 heteroatoms. The summed E-state index contributed by atoms with van der Waals surface area (Å²) in [5.41, 5.74) is 0.771. The first-order chi connectivity index (χ1) is 18.7. The van der Waals surface area contributed by atoms with Gasteiger partial charge in [-0.05, 0) is 102 Å². The molecule has 0 aliphatic rings. The summed E-state index contributed by atoms with van der Waals surface area (Å²) in [6.45, 7) is 10.6. The van der Waals surface area contributed by atoms with Crippen molar-refractivity contribution in [1.29, 1.82) is 0 Å². The first-order valence-electron chi connectivity index (χ1n) is 12.5. The number of carbonyl (C=O) groups is 4. The standard InChI is InChI=1S/C29H33N5O6/c1-28(2,3)39-26(37)32-20-14-10-18(11-15-20)30-24(35)22-8-7-9-23(34-22)25(36)31-19-12-16-21(17-13-19)33-27(38)40-29(4,5)6/h7-17H,1-6H3,(H,30,35)(H,31,36)(H,32,37)(H,33,38). The van der Waals surface area contributed by atoms with Crippen molar-refractivity contribution in [2.75, 3.05) is 21.3 Å². The molecular formula is C29H33N5O6. The lowest BCUT2D eigenvalue weighted by atomic mass is 10.2. The molecule has 3 rings (SSSR count). The molecule has 0 aliphatic heterocycles. The lowest BCUT2D eigenvalue weighted by Gasteiger charge is -2.19. The molecule has 40 heavy (non-hydrogen) atoms. The van der Waals surface area contributed by atoms with Crippen LogP contribution in [0.4, 0.5) is 32.3 Å². The SMILES string of the molecule is CC(C)(C)OC(=O)Nc1ccc(NC(=O)c2cccc(C(=O)Nc3ccc(NC(=O)OC(C)(C)C)cc3)n2)cc1. The molecule has 0 spiro atoms. The number of benzene rings is 2. The largest absolute Gasteiger partial charge is 0.444 e. The van der Waals surface area contributed by atoms with E-state index in [1.165, 1.54) is 12.1 Å². The number of nitrogens with one attached hydrogen (secondary N) is 4. The van der Waals surface area contributed by atoms with Crippen LogP contribution in [-0.2, 0) is 9.47 Å². The third-order valence-corrected chi connectivity index (χ3v) is 4.79. The van der Waals surface area contributed by atoms with Crippen LogP contribution >= 0.6 is 0 Å². The summed E-state index contributed by atoms with van der Waals surface area (Å²) < 4.78 is 10.4. The molecule has 4 amide bonds. The van der Waals surface area contributed by atoms with Crippen molar-refractivity contribution in [3.05, 3.63) is 78.1 Å². The Labute approximate surface area is 232 Å². The summed E-state index contributed by atoms with van der Waals surface area (Å²) in [4.78, 5) is 53.5. The molecule has 0 saturated carbocycles. The molecule has 4 N–H and O–H groups in total. The van der Waals surface area contributed by atoms with Gasteiger partial charge in [-0.15, -0.1) is 0 Å². The maximum atomic E-state index is 12.7. The molecule has 0 unspecified atom stereocenters. The zero-order valence-corrected chi connectivity index (χ0v) is 23.2. The van der Waals surface area contributed by atoms with E-state index in [1.807, 2.05) is 0 Å². The number of anilines is 4. The molecule has 0 radical (unpaired) electrons. The van der Waals surface area contributed by atoms with Gasteiger partial charge in [0.05, 0.1) is 0 Å². The van der Waals surface area contributed by atoms with Gasteiger partial charge in [0.1, 0.15) is 22.6 Å². The van der Waals surface area contributed by atoms with Crippen LogP contribution in [-0.4, -0.2) is 40.2 Å². The molecule has 2 aromatic carbocycles. The maximum absolute atomic E-state index is 12.7. The van der Waals surface area contributed by atoms with E-state index in [0.717, 1.165) is 0 Å². The second-order valence-corrected chi connectivity index (χ2v) is 10.7. The van der Waals surface area contributed by atoms with Crippen molar-refractivity contribution in [1.82, 2.24) is 4.98 Å². The number of nitrogens with zero attached hydrogens (tertiary/aromatic N) is 1. The number of rotatable bonds is 6. The molecule has 1 aromatic heterocycles. The van der Waals surface area contributed by atoms with E-state index >= 15 is 0 Å². The molecule has 210 valence electrons. The van der Waals surface area contributed by atoms with E-state index in [1.54, 1.807) is 96.1 Å². The minimum Gasteiger partial charge on any atom is -0.444 e. The van der Waals surface area contributed by atoms with E-state index in [4.69, 9.17) is 9.47 Å². The van der Waals surface area contributed by atoms with E-state index in [9.17, 15) is 19.2 Å². The van der Waals surface area contributed by atoms with Gasteiger partial charge in [0.2, 0.25) is 0 Å². The number of pyridine rings is 1. The van der Waals surface area contributed by atoms with Crippen molar-refractivity contribution in [2.24, 2.45) is 0 Å². The fourth-order valence-corrected chi connectivity index (χ4v) is 3.19. The van der Waals surface area contributed by atoms with Crippen molar-refractivity contribution >= 4 is 46.8 Å². The first-order valence-corrected chi connectivity index (χ1v) is 12.5.